The Morgan fingerprint density at radius 1 is 1.32 bits per heavy atom. The van der Waals surface area contributed by atoms with Crippen molar-refractivity contribution < 1.29 is 10.2 Å². The van der Waals surface area contributed by atoms with Crippen LogP contribution in [0.15, 0.2) is 30.3 Å². The van der Waals surface area contributed by atoms with Gasteiger partial charge in [-0.15, -0.1) is 0 Å². The second-order valence-electron chi connectivity index (χ2n) is 4.06. The van der Waals surface area contributed by atoms with Crippen LogP contribution in [0.25, 0.3) is 5.69 Å². The highest BCUT2D eigenvalue weighted by molar-refractivity contribution is 6.30. The van der Waals surface area contributed by atoms with Crippen LogP contribution < -0.4 is 0 Å². The number of aliphatic hydroxyl groups excluding tert-OH is 2. The van der Waals surface area contributed by atoms with Gasteiger partial charge in [0.05, 0.1) is 17.5 Å². The zero-order valence-electron chi connectivity index (χ0n) is 10.2. The molecule has 1 aromatic heterocycles. The minimum absolute atomic E-state index is 0.186. The monoisotopic (exact) mass is 277 g/mol. The van der Waals surface area contributed by atoms with Gasteiger partial charge in [-0.05, 0) is 19.1 Å². The van der Waals surface area contributed by atoms with E-state index in [1.807, 2.05) is 30.3 Å². The summed E-state index contributed by atoms with van der Waals surface area (Å²) in [6.07, 6.45) is -2.92. The van der Waals surface area contributed by atoms with Crippen LogP contribution in [-0.2, 0) is 0 Å². The number of hydrogen-bond acceptors (Lipinski definition) is 4. The molecule has 98 valence electrons. The van der Waals surface area contributed by atoms with E-state index in [0.29, 0.717) is 5.69 Å². The standard InChI is InChI=1S/C13H12ClN3O2/c1-8-11(12(19)10(18)7-15)13(14)17(16-8)9-5-3-2-4-6-9/h2-6,10,12,18-19H,1H3. The fraction of sp³-hybridized carbons (Fsp3) is 0.231. The third kappa shape index (κ3) is 2.47. The fourth-order valence-corrected chi connectivity index (χ4v) is 2.20. The molecule has 0 saturated carbocycles. The molecule has 2 rings (SSSR count). The average Bonchev–Trinajstić information content (AvgIpc) is 2.73. The molecule has 0 spiro atoms. The van der Waals surface area contributed by atoms with Gasteiger partial charge in [-0.25, -0.2) is 4.68 Å². The molecule has 0 amide bonds. The van der Waals surface area contributed by atoms with E-state index in [-0.39, 0.29) is 10.7 Å². The molecule has 1 aromatic carbocycles. The van der Waals surface area contributed by atoms with Crippen LogP contribution in [0, 0.1) is 18.3 Å². The zero-order valence-corrected chi connectivity index (χ0v) is 10.9. The van der Waals surface area contributed by atoms with Crippen LogP contribution in [0.4, 0.5) is 0 Å². The van der Waals surface area contributed by atoms with Gasteiger partial charge in [0, 0.05) is 5.56 Å². The molecule has 0 bridgehead atoms. The van der Waals surface area contributed by atoms with Crippen molar-refractivity contribution in [1.29, 1.82) is 5.26 Å². The Kier molecular flexibility index (Phi) is 3.86. The van der Waals surface area contributed by atoms with Crippen molar-refractivity contribution in [2.75, 3.05) is 0 Å². The summed E-state index contributed by atoms with van der Waals surface area (Å²) in [6.45, 7) is 1.66. The molecule has 0 saturated heterocycles. The molecule has 2 N–H and O–H groups in total. The maximum absolute atomic E-state index is 9.90. The highest BCUT2D eigenvalue weighted by Gasteiger charge is 2.26. The number of aliphatic hydroxyl groups is 2. The summed E-state index contributed by atoms with van der Waals surface area (Å²) in [6, 6.07) is 10.7. The molecule has 0 fully saturated rings. The number of rotatable bonds is 3. The van der Waals surface area contributed by atoms with Crippen molar-refractivity contribution in [2.45, 2.75) is 19.1 Å². The summed E-state index contributed by atoms with van der Waals surface area (Å²) < 4.78 is 1.46. The molecule has 2 aromatic rings. The molecule has 6 heteroatoms. The molecule has 2 unspecified atom stereocenters. The number of para-hydroxylation sites is 1. The average molecular weight is 278 g/mol. The lowest BCUT2D eigenvalue weighted by Gasteiger charge is -2.11. The van der Waals surface area contributed by atoms with Gasteiger partial charge in [0.25, 0.3) is 0 Å². The Labute approximate surface area is 115 Å². The SMILES string of the molecule is Cc1nn(-c2ccccc2)c(Cl)c1C(O)C(O)C#N. The van der Waals surface area contributed by atoms with Gasteiger partial charge < -0.3 is 10.2 Å². The van der Waals surface area contributed by atoms with E-state index in [9.17, 15) is 10.2 Å². The second kappa shape index (κ2) is 5.41. The van der Waals surface area contributed by atoms with Crippen LogP contribution in [0.3, 0.4) is 0 Å². The van der Waals surface area contributed by atoms with E-state index in [4.69, 9.17) is 16.9 Å². The van der Waals surface area contributed by atoms with E-state index in [1.165, 1.54) is 4.68 Å². The third-order valence-corrected chi connectivity index (χ3v) is 3.14. The number of hydrogen-bond donors (Lipinski definition) is 2. The smallest absolute Gasteiger partial charge is 0.170 e. The van der Waals surface area contributed by atoms with Gasteiger partial charge >= 0.3 is 0 Å². The van der Waals surface area contributed by atoms with E-state index in [2.05, 4.69) is 5.10 Å². The lowest BCUT2D eigenvalue weighted by atomic mass is 10.1. The summed E-state index contributed by atoms with van der Waals surface area (Å²) in [5.74, 6) is 0. The fourth-order valence-electron chi connectivity index (χ4n) is 1.82. The van der Waals surface area contributed by atoms with Crippen LogP contribution in [-0.4, -0.2) is 26.1 Å². The van der Waals surface area contributed by atoms with Crippen LogP contribution in [0.5, 0.6) is 0 Å². The van der Waals surface area contributed by atoms with E-state index >= 15 is 0 Å². The molecular formula is C13H12ClN3O2. The third-order valence-electron chi connectivity index (χ3n) is 2.78. The van der Waals surface area contributed by atoms with Crippen molar-refractivity contribution in [3.8, 4) is 11.8 Å². The molecule has 0 aliphatic carbocycles. The number of nitriles is 1. The van der Waals surface area contributed by atoms with Crippen LogP contribution in [0.2, 0.25) is 5.15 Å². The predicted octanol–water partition coefficient (Wildman–Crippen LogP) is 1.75. The first-order valence-electron chi connectivity index (χ1n) is 5.62. The van der Waals surface area contributed by atoms with Crippen molar-refractivity contribution >= 4 is 11.6 Å². The first-order chi connectivity index (χ1) is 9.06. The first-order valence-corrected chi connectivity index (χ1v) is 6.00. The first kappa shape index (κ1) is 13.6. The Morgan fingerprint density at radius 3 is 2.53 bits per heavy atom. The number of nitrogens with zero attached hydrogens (tertiary/aromatic N) is 3. The molecule has 1 heterocycles. The molecule has 19 heavy (non-hydrogen) atoms. The number of aryl methyl sites for hydroxylation is 1. The minimum atomic E-state index is -1.54. The summed E-state index contributed by atoms with van der Waals surface area (Å²) in [5, 5.41) is 32.4. The Morgan fingerprint density at radius 2 is 1.95 bits per heavy atom. The lowest BCUT2D eigenvalue weighted by Crippen LogP contribution is -2.16. The number of benzene rings is 1. The molecule has 2 atom stereocenters. The summed E-state index contributed by atoms with van der Waals surface area (Å²) in [7, 11) is 0. The van der Waals surface area contributed by atoms with E-state index < -0.39 is 12.2 Å². The Bertz CT molecular complexity index is 619. The summed E-state index contributed by atoms with van der Waals surface area (Å²) >= 11 is 6.18. The van der Waals surface area contributed by atoms with Gasteiger partial charge in [-0.3, -0.25) is 0 Å². The molecule has 5 nitrogen and oxygen atoms in total. The normalized spacial score (nSPS) is 13.8. The summed E-state index contributed by atoms with van der Waals surface area (Å²) in [4.78, 5) is 0. The second-order valence-corrected chi connectivity index (χ2v) is 4.41. The molecule has 0 aliphatic rings. The summed E-state index contributed by atoms with van der Waals surface area (Å²) in [5.41, 5.74) is 1.47. The number of aromatic nitrogens is 2. The zero-order chi connectivity index (χ0) is 14.0. The van der Waals surface area contributed by atoms with Crippen LogP contribution in [0.1, 0.15) is 17.4 Å². The highest BCUT2D eigenvalue weighted by Crippen LogP contribution is 2.30. The van der Waals surface area contributed by atoms with Crippen molar-refractivity contribution in [1.82, 2.24) is 9.78 Å². The van der Waals surface area contributed by atoms with E-state index in [0.717, 1.165) is 5.69 Å². The molecule has 0 radical (unpaired) electrons. The lowest BCUT2D eigenvalue weighted by molar-refractivity contribution is 0.0524. The van der Waals surface area contributed by atoms with Crippen LogP contribution >= 0.6 is 11.6 Å². The van der Waals surface area contributed by atoms with Gasteiger partial charge in [-0.2, -0.15) is 10.4 Å². The Hall–Kier alpha value is -1.87. The van der Waals surface area contributed by atoms with Gasteiger partial charge in [0.2, 0.25) is 0 Å². The topological polar surface area (TPSA) is 82.1 Å². The predicted molar refractivity (Wildman–Crippen MR) is 69.9 cm³/mol. The molecule has 0 aliphatic heterocycles. The highest BCUT2D eigenvalue weighted by atomic mass is 35.5. The maximum Gasteiger partial charge on any atom is 0.170 e. The van der Waals surface area contributed by atoms with Gasteiger partial charge in [-0.1, -0.05) is 29.8 Å². The van der Waals surface area contributed by atoms with Crippen molar-refractivity contribution in [3.05, 3.63) is 46.7 Å². The van der Waals surface area contributed by atoms with Crippen molar-refractivity contribution in [3.63, 3.8) is 0 Å². The van der Waals surface area contributed by atoms with Crippen molar-refractivity contribution in [2.24, 2.45) is 0 Å². The quantitative estimate of drug-likeness (QED) is 0.838. The Balaban J connectivity index is 2.50. The maximum atomic E-state index is 9.90. The largest absolute Gasteiger partial charge is 0.384 e. The minimum Gasteiger partial charge on any atom is -0.384 e. The molecular weight excluding hydrogens is 266 g/mol. The van der Waals surface area contributed by atoms with Gasteiger partial charge in [0.1, 0.15) is 11.3 Å². The van der Waals surface area contributed by atoms with Gasteiger partial charge in [0.15, 0.2) is 6.10 Å². The number of halogens is 1. The van der Waals surface area contributed by atoms with E-state index in [1.54, 1.807) is 13.0 Å².